The molecule has 0 amide bonds. The van der Waals surface area contributed by atoms with Crippen molar-refractivity contribution in [2.24, 2.45) is 5.92 Å². The van der Waals surface area contributed by atoms with Crippen LogP contribution in [0, 0.1) is 35.0 Å². The van der Waals surface area contributed by atoms with E-state index >= 15 is 0 Å². The summed E-state index contributed by atoms with van der Waals surface area (Å²) in [6.45, 7) is 4.30. The zero-order valence-corrected chi connectivity index (χ0v) is 12.5. The number of benzene rings is 1. The maximum Gasteiger partial charge on any atom is 0.200 e. The molecule has 3 heterocycles. The molecular formula is C17H14F5NO. The van der Waals surface area contributed by atoms with Crippen LogP contribution in [0.15, 0.2) is 24.8 Å². The predicted molar refractivity (Wildman–Crippen MR) is 75.6 cm³/mol. The first kappa shape index (κ1) is 15.8. The van der Waals surface area contributed by atoms with Gasteiger partial charge in [-0.3, -0.25) is 4.90 Å². The van der Waals surface area contributed by atoms with E-state index in [2.05, 4.69) is 6.58 Å². The second-order valence-corrected chi connectivity index (χ2v) is 6.43. The van der Waals surface area contributed by atoms with E-state index in [-0.39, 0.29) is 18.6 Å². The number of rotatable bonds is 3. The van der Waals surface area contributed by atoms with E-state index in [1.807, 2.05) is 0 Å². The Morgan fingerprint density at radius 2 is 1.75 bits per heavy atom. The minimum atomic E-state index is -2.15. The van der Waals surface area contributed by atoms with E-state index in [0.717, 1.165) is 0 Å². The van der Waals surface area contributed by atoms with E-state index < -0.39 is 46.3 Å². The van der Waals surface area contributed by atoms with Crippen molar-refractivity contribution < 1.29 is 26.7 Å². The zero-order chi connectivity index (χ0) is 17.2. The van der Waals surface area contributed by atoms with Crippen molar-refractivity contribution in [2.75, 3.05) is 13.1 Å². The lowest BCUT2D eigenvalue weighted by atomic mass is 9.79. The third-order valence-electron chi connectivity index (χ3n) is 5.21. The van der Waals surface area contributed by atoms with Gasteiger partial charge in [0, 0.05) is 19.0 Å². The molecule has 24 heavy (non-hydrogen) atoms. The molecule has 1 aromatic carbocycles. The monoisotopic (exact) mass is 343 g/mol. The van der Waals surface area contributed by atoms with Gasteiger partial charge in [-0.15, -0.1) is 6.58 Å². The average molecular weight is 343 g/mol. The lowest BCUT2D eigenvalue weighted by Gasteiger charge is -2.34. The van der Waals surface area contributed by atoms with Gasteiger partial charge in [0.25, 0.3) is 0 Å². The molecule has 3 aliphatic rings. The van der Waals surface area contributed by atoms with Crippen molar-refractivity contribution >= 4 is 0 Å². The SMILES string of the molecule is C=CCN1C[C@@H]2C[C@H]3C=C[C@@]2(O3)[C@H]1c1c(F)c(F)c(F)c(F)c1F. The second-order valence-electron chi connectivity index (χ2n) is 6.43. The Morgan fingerprint density at radius 1 is 1.12 bits per heavy atom. The van der Waals surface area contributed by atoms with Gasteiger partial charge in [-0.05, 0) is 6.42 Å². The fourth-order valence-electron chi connectivity index (χ4n) is 4.31. The lowest BCUT2D eigenvalue weighted by Crippen LogP contribution is -2.39. The van der Waals surface area contributed by atoms with Gasteiger partial charge in [0.05, 0.1) is 17.7 Å². The minimum Gasteiger partial charge on any atom is -0.361 e. The van der Waals surface area contributed by atoms with Crippen molar-refractivity contribution in [1.29, 1.82) is 0 Å². The standard InChI is InChI=1S/C17H14F5NO/c1-2-5-23-7-8-6-9-3-4-17(8,24-9)16(23)10-11(18)13(20)15(22)14(21)12(10)19/h2-4,8-9,16H,1,5-7H2/t8-,9+,16+,17-/m0/s1. The molecule has 2 nitrogen and oxygen atoms in total. The minimum absolute atomic E-state index is 0.0626. The number of fused-ring (bicyclic) bond motifs is 1. The number of halogens is 5. The van der Waals surface area contributed by atoms with Crippen molar-refractivity contribution in [1.82, 2.24) is 4.90 Å². The summed E-state index contributed by atoms with van der Waals surface area (Å²) in [7, 11) is 0. The van der Waals surface area contributed by atoms with Crippen LogP contribution in [0.4, 0.5) is 22.0 Å². The van der Waals surface area contributed by atoms with E-state index in [0.29, 0.717) is 13.0 Å². The van der Waals surface area contributed by atoms with Gasteiger partial charge in [0.2, 0.25) is 5.82 Å². The van der Waals surface area contributed by atoms with Crippen LogP contribution in [0.25, 0.3) is 0 Å². The van der Waals surface area contributed by atoms with Crippen LogP contribution in [0.5, 0.6) is 0 Å². The van der Waals surface area contributed by atoms with Gasteiger partial charge < -0.3 is 4.74 Å². The normalized spacial score (nSPS) is 34.1. The fraction of sp³-hybridized carbons (Fsp3) is 0.412. The highest BCUT2D eigenvalue weighted by atomic mass is 19.2. The summed E-state index contributed by atoms with van der Waals surface area (Å²) in [5.41, 5.74) is -1.89. The molecule has 128 valence electrons. The molecule has 4 rings (SSSR count). The van der Waals surface area contributed by atoms with Gasteiger partial charge in [0.1, 0.15) is 5.60 Å². The molecule has 0 aromatic heterocycles. The van der Waals surface area contributed by atoms with Crippen LogP contribution in [-0.4, -0.2) is 29.7 Å². The average Bonchev–Trinajstić information content (AvgIpc) is 3.21. The van der Waals surface area contributed by atoms with E-state index in [4.69, 9.17) is 4.74 Å². The number of hydrogen-bond donors (Lipinski definition) is 0. The van der Waals surface area contributed by atoms with Crippen molar-refractivity contribution in [2.45, 2.75) is 24.2 Å². The van der Waals surface area contributed by atoms with Crippen molar-refractivity contribution in [3.8, 4) is 0 Å². The van der Waals surface area contributed by atoms with Crippen molar-refractivity contribution in [3.05, 3.63) is 59.5 Å². The summed E-state index contributed by atoms with van der Waals surface area (Å²) in [5.74, 6) is -9.67. The molecule has 2 saturated heterocycles. The van der Waals surface area contributed by atoms with Crippen LogP contribution in [0.2, 0.25) is 0 Å². The number of likely N-dealkylation sites (tertiary alicyclic amines) is 1. The molecule has 1 spiro atoms. The highest BCUT2D eigenvalue weighted by Gasteiger charge is 2.62. The van der Waals surface area contributed by atoms with Crippen LogP contribution in [-0.2, 0) is 4.74 Å². The molecule has 0 radical (unpaired) electrons. The molecular weight excluding hydrogens is 329 g/mol. The smallest absolute Gasteiger partial charge is 0.200 e. The summed E-state index contributed by atoms with van der Waals surface area (Å²) in [5, 5.41) is 0. The molecule has 3 aliphatic heterocycles. The van der Waals surface area contributed by atoms with Crippen LogP contribution >= 0.6 is 0 Å². The molecule has 7 heteroatoms. The third-order valence-corrected chi connectivity index (χ3v) is 5.21. The van der Waals surface area contributed by atoms with Gasteiger partial charge >= 0.3 is 0 Å². The first-order valence-corrected chi connectivity index (χ1v) is 7.64. The molecule has 2 fully saturated rings. The third kappa shape index (κ3) is 1.82. The van der Waals surface area contributed by atoms with Crippen LogP contribution < -0.4 is 0 Å². The van der Waals surface area contributed by atoms with Crippen molar-refractivity contribution in [3.63, 3.8) is 0 Å². The quantitative estimate of drug-likeness (QED) is 0.360. The van der Waals surface area contributed by atoms with E-state index in [9.17, 15) is 22.0 Å². The molecule has 0 aliphatic carbocycles. The molecule has 0 unspecified atom stereocenters. The second kappa shape index (κ2) is 5.13. The molecule has 0 saturated carbocycles. The zero-order valence-electron chi connectivity index (χ0n) is 12.5. The van der Waals surface area contributed by atoms with Gasteiger partial charge in [-0.1, -0.05) is 18.2 Å². The van der Waals surface area contributed by atoms with Crippen LogP contribution in [0.3, 0.4) is 0 Å². The Kier molecular flexibility index (Phi) is 3.37. The first-order chi connectivity index (χ1) is 11.4. The molecule has 4 atom stereocenters. The summed E-state index contributed by atoms with van der Waals surface area (Å²) >= 11 is 0. The molecule has 0 N–H and O–H groups in total. The maximum atomic E-state index is 14.4. The highest BCUT2D eigenvalue weighted by Crippen LogP contribution is 2.57. The Hall–Kier alpha value is -1.73. The number of hydrogen-bond acceptors (Lipinski definition) is 2. The maximum absolute atomic E-state index is 14.4. The lowest BCUT2D eigenvalue weighted by molar-refractivity contribution is -0.0130. The summed E-state index contributed by atoms with van der Waals surface area (Å²) in [6.07, 6.45) is 5.51. The topological polar surface area (TPSA) is 12.5 Å². The van der Waals surface area contributed by atoms with Gasteiger partial charge in [-0.2, -0.15) is 0 Å². The summed E-state index contributed by atoms with van der Waals surface area (Å²) in [4.78, 5) is 1.65. The fourth-order valence-corrected chi connectivity index (χ4v) is 4.31. The first-order valence-electron chi connectivity index (χ1n) is 7.64. The predicted octanol–water partition coefficient (Wildman–Crippen LogP) is 3.64. The Bertz CT molecular complexity index is 735. The summed E-state index contributed by atoms with van der Waals surface area (Å²) < 4.78 is 75.4. The van der Waals surface area contributed by atoms with E-state index in [1.54, 1.807) is 17.1 Å². The Labute approximate surface area is 135 Å². The molecule has 1 aromatic rings. The van der Waals surface area contributed by atoms with Crippen LogP contribution in [0.1, 0.15) is 18.0 Å². The summed E-state index contributed by atoms with van der Waals surface area (Å²) in [6, 6.07) is -1.09. The Balaban J connectivity index is 1.93. The largest absolute Gasteiger partial charge is 0.361 e. The number of nitrogens with zero attached hydrogens (tertiary/aromatic N) is 1. The van der Waals surface area contributed by atoms with Gasteiger partial charge in [-0.25, -0.2) is 22.0 Å². The highest BCUT2D eigenvalue weighted by molar-refractivity contribution is 5.38. The van der Waals surface area contributed by atoms with Gasteiger partial charge in [0.15, 0.2) is 23.3 Å². The number of ether oxygens (including phenoxy) is 1. The Morgan fingerprint density at radius 3 is 2.33 bits per heavy atom. The molecule has 2 bridgehead atoms. The van der Waals surface area contributed by atoms with E-state index in [1.165, 1.54) is 6.08 Å².